The number of hydrogen-bond donors (Lipinski definition) is 0. The second-order valence-electron chi connectivity index (χ2n) is 6.89. The maximum absolute atomic E-state index is 12.2. The van der Waals surface area contributed by atoms with Crippen molar-refractivity contribution in [3.05, 3.63) is 66.0 Å². The van der Waals surface area contributed by atoms with Crippen LogP contribution in [0.2, 0.25) is 0 Å². The molecule has 2 aromatic carbocycles. The van der Waals surface area contributed by atoms with Gasteiger partial charge in [-0.3, -0.25) is 9.48 Å². The molecule has 0 spiro atoms. The van der Waals surface area contributed by atoms with Gasteiger partial charge in [0.15, 0.2) is 0 Å². The molecule has 1 aliphatic heterocycles. The Hall–Kier alpha value is -2.66. The SMILES string of the molecule is Cn1cc(CCC(=O)N2CC(OCc3cccc4ccccc34)C2)cn1. The summed E-state index contributed by atoms with van der Waals surface area (Å²) in [6.45, 7) is 1.97. The van der Waals surface area contributed by atoms with E-state index in [1.54, 1.807) is 4.68 Å². The van der Waals surface area contributed by atoms with Gasteiger partial charge in [-0.05, 0) is 28.3 Å². The zero-order chi connectivity index (χ0) is 17.9. The van der Waals surface area contributed by atoms with E-state index in [4.69, 9.17) is 4.74 Å². The van der Waals surface area contributed by atoms with Gasteiger partial charge < -0.3 is 9.64 Å². The number of carbonyl (C=O) groups is 1. The number of hydrogen-bond acceptors (Lipinski definition) is 3. The van der Waals surface area contributed by atoms with Crippen LogP contribution < -0.4 is 0 Å². The lowest BCUT2D eigenvalue weighted by atomic mass is 10.0. The number of ether oxygens (including phenoxy) is 1. The fraction of sp³-hybridized carbons (Fsp3) is 0.333. The largest absolute Gasteiger partial charge is 0.370 e. The molecule has 5 heteroatoms. The van der Waals surface area contributed by atoms with Crippen LogP contribution in [0.1, 0.15) is 17.5 Å². The van der Waals surface area contributed by atoms with Crippen LogP contribution >= 0.6 is 0 Å². The summed E-state index contributed by atoms with van der Waals surface area (Å²) in [6.07, 6.45) is 5.18. The number of aromatic nitrogens is 2. The van der Waals surface area contributed by atoms with Gasteiger partial charge >= 0.3 is 0 Å². The third-order valence-corrected chi connectivity index (χ3v) is 4.94. The first-order valence-electron chi connectivity index (χ1n) is 9.02. The van der Waals surface area contributed by atoms with Gasteiger partial charge in [-0.25, -0.2) is 0 Å². The molecule has 134 valence electrons. The van der Waals surface area contributed by atoms with Gasteiger partial charge in [0.25, 0.3) is 0 Å². The summed E-state index contributed by atoms with van der Waals surface area (Å²) >= 11 is 0. The molecule has 0 bridgehead atoms. The van der Waals surface area contributed by atoms with E-state index in [1.807, 2.05) is 30.4 Å². The molecule has 2 heterocycles. The van der Waals surface area contributed by atoms with Crippen molar-refractivity contribution in [1.29, 1.82) is 0 Å². The van der Waals surface area contributed by atoms with Crippen molar-refractivity contribution >= 4 is 16.7 Å². The minimum absolute atomic E-state index is 0.135. The third kappa shape index (κ3) is 3.63. The van der Waals surface area contributed by atoms with Gasteiger partial charge in [0.2, 0.25) is 5.91 Å². The van der Waals surface area contributed by atoms with Crippen molar-refractivity contribution < 1.29 is 9.53 Å². The Morgan fingerprint density at radius 3 is 2.81 bits per heavy atom. The number of benzene rings is 2. The molecule has 1 aliphatic rings. The van der Waals surface area contributed by atoms with Crippen molar-refractivity contribution in [3.63, 3.8) is 0 Å². The molecule has 1 saturated heterocycles. The average Bonchev–Trinajstić information content (AvgIpc) is 3.04. The maximum atomic E-state index is 12.2. The van der Waals surface area contributed by atoms with E-state index < -0.39 is 0 Å². The van der Waals surface area contributed by atoms with Crippen molar-refractivity contribution in [2.75, 3.05) is 13.1 Å². The van der Waals surface area contributed by atoms with E-state index in [1.165, 1.54) is 16.3 Å². The number of nitrogens with zero attached hydrogens (tertiary/aromatic N) is 3. The maximum Gasteiger partial charge on any atom is 0.223 e. The zero-order valence-corrected chi connectivity index (χ0v) is 15.0. The number of amides is 1. The monoisotopic (exact) mass is 349 g/mol. The number of aryl methyl sites for hydroxylation is 2. The number of carbonyl (C=O) groups excluding carboxylic acids is 1. The van der Waals surface area contributed by atoms with E-state index in [0.29, 0.717) is 26.1 Å². The van der Waals surface area contributed by atoms with E-state index in [0.717, 1.165) is 12.0 Å². The average molecular weight is 349 g/mol. The number of rotatable bonds is 6. The molecule has 1 fully saturated rings. The van der Waals surface area contributed by atoms with Gasteiger partial charge in [-0.1, -0.05) is 42.5 Å². The molecule has 26 heavy (non-hydrogen) atoms. The summed E-state index contributed by atoms with van der Waals surface area (Å²) in [6, 6.07) is 14.6. The standard InChI is InChI=1S/C21H23N3O2/c1-23-12-16(11-22-23)9-10-21(25)24-13-19(14-24)26-15-18-7-4-6-17-5-2-3-8-20(17)18/h2-8,11-12,19H,9-10,13-15H2,1H3. The Morgan fingerprint density at radius 2 is 2.00 bits per heavy atom. The first kappa shape index (κ1) is 16.8. The lowest BCUT2D eigenvalue weighted by molar-refractivity contribution is -0.145. The van der Waals surface area contributed by atoms with Crippen molar-refractivity contribution in [1.82, 2.24) is 14.7 Å². The van der Waals surface area contributed by atoms with Gasteiger partial charge in [0.1, 0.15) is 0 Å². The molecule has 1 amide bonds. The second-order valence-corrected chi connectivity index (χ2v) is 6.89. The van der Waals surface area contributed by atoms with Crippen molar-refractivity contribution in [2.24, 2.45) is 7.05 Å². The van der Waals surface area contributed by atoms with Crippen LogP contribution in [0.5, 0.6) is 0 Å². The van der Waals surface area contributed by atoms with Crippen LogP contribution in [0.25, 0.3) is 10.8 Å². The third-order valence-electron chi connectivity index (χ3n) is 4.94. The van der Waals surface area contributed by atoms with Crippen LogP contribution in [-0.4, -0.2) is 39.8 Å². The summed E-state index contributed by atoms with van der Waals surface area (Å²) in [4.78, 5) is 14.1. The number of fused-ring (bicyclic) bond motifs is 1. The summed E-state index contributed by atoms with van der Waals surface area (Å²) in [5.74, 6) is 0.193. The van der Waals surface area contributed by atoms with Gasteiger partial charge in [-0.2, -0.15) is 5.10 Å². The van der Waals surface area contributed by atoms with E-state index in [-0.39, 0.29) is 12.0 Å². The Labute approximate surface area is 153 Å². The predicted molar refractivity (Wildman–Crippen MR) is 101 cm³/mol. The highest BCUT2D eigenvalue weighted by Gasteiger charge is 2.30. The Kier molecular flexibility index (Phi) is 4.71. The highest BCUT2D eigenvalue weighted by molar-refractivity contribution is 5.85. The van der Waals surface area contributed by atoms with Crippen molar-refractivity contribution in [3.8, 4) is 0 Å². The lowest BCUT2D eigenvalue weighted by Crippen LogP contribution is -2.54. The van der Waals surface area contributed by atoms with E-state index >= 15 is 0 Å². The summed E-state index contributed by atoms with van der Waals surface area (Å²) in [5.41, 5.74) is 2.30. The van der Waals surface area contributed by atoms with Crippen LogP contribution in [0.15, 0.2) is 54.9 Å². The summed E-state index contributed by atoms with van der Waals surface area (Å²) in [7, 11) is 1.89. The minimum atomic E-state index is 0.135. The van der Waals surface area contributed by atoms with E-state index in [9.17, 15) is 4.79 Å². The van der Waals surface area contributed by atoms with Crippen LogP contribution in [0.4, 0.5) is 0 Å². The molecule has 5 nitrogen and oxygen atoms in total. The lowest BCUT2D eigenvalue weighted by Gasteiger charge is -2.39. The predicted octanol–water partition coefficient (Wildman–Crippen LogP) is 2.93. The molecule has 0 aliphatic carbocycles. The molecular weight excluding hydrogens is 326 g/mol. The molecular formula is C21H23N3O2. The first-order valence-corrected chi connectivity index (χ1v) is 9.02. The van der Waals surface area contributed by atoms with Crippen LogP contribution in [0.3, 0.4) is 0 Å². The fourth-order valence-corrected chi connectivity index (χ4v) is 3.38. The topological polar surface area (TPSA) is 47.4 Å². The van der Waals surface area contributed by atoms with Crippen LogP contribution in [-0.2, 0) is 29.6 Å². The molecule has 3 aromatic rings. The Balaban J connectivity index is 1.24. The van der Waals surface area contributed by atoms with E-state index in [2.05, 4.69) is 41.5 Å². The Morgan fingerprint density at radius 1 is 1.19 bits per heavy atom. The molecule has 4 rings (SSSR count). The van der Waals surface area contributed by atoms with Crippen molar-refractivity contribution in [2.45, 2.75) is 25.6 Å². The molecule has 1 aromatic heterocycles. The smallest absolute Gasteiger partial charge is 0.223 e. The van der Waals surface area contributed by atoms with Gasteiger partial charge in [0, 0.05) is 32.8 Å². The minimum Gasteiger partial charge on any atom is -0.370 e. The van der Waals surface area contributed by atoms with Gasteiger partial charge in [-0.15, -0.1) is 0 Å². The molecule has 0 N–H and O–H groups in total. The quantitative estimate of drug-likeness (QED) is 0.687. The summed E-state index contributed by atoms with van der Waals surface area (Å²) < 4.78 is 7.78. The fourth-order valence-electron chi connectivity index (χ4n) is 3.38. The molecule has 0 saturated carbocycles. The zero-order valence-electron chi connectivity index (χ0n) is 15.0. The normalized spacial score (nSPS) is 14.6. The van der Waals surface area contributed by atoms with Crippen LogP contribution in [0, 0.1) is 0 Å². The Bertz CT molecular complexity index is 907. The number of likely N-dealkylation sites (tertiary alicyclic amines) is 1. The summed E-state index contributed by atoms with van der Waals surface area (Å²) in [5, 5.41) is 6.60. The second kappa shape index (κ2) is 7.30. The molecule has 0 radical (unpaired) electrons. The highest BCUT2D eigenvalue weighted by Crippen LogP contribution is 2.21. The highest BCUT2D eigenvalue weighted by atomic mass is 16.5. The van der Waals surface area contributed by atoms with Gasteiger partial charge in [0.05, 0.1) is 18.9 Å². The molecule has 0 atom stereocenters. The first-order chi connectivity index (χ1) is 12.7. The molecule has 0 unspecified atom stereocenters.